The first-order valence-corrected chi connectivity index (χ1v) is 7.61. The standard InChI is InChI=1S/C15H25B/c1-2-6-13(5-1)11-12-16-14-7-3-8-15(16)10-4-9-14/h11,14-15H,1-10,12H2. The molecular formula is C15H25B. The van der Waals surface area contributed by atoms with E-state index in [0.717, 1.165) is 18.3 Å². The molecule has 0 atom stereocenters. The molecule has 16 heavy (non-hydrogen) atoms. The number of hydrogen-bond donors (Lipinski definition) is 0. The van der Waals surface area contributed by atoms with E-state index in [1.54, 1.807) is 31.3 Å². The van der Waals surface area contributed by atoms with Crippen molar-refractivity contribution >= 4 is 6.71 Å². The van der Waals surface area contributed by atoms with E-state index in [1.165, 1.54) is 44.8 Å². The van der Waals surface area contributed by atoms with Crippen LogP contribution >= 0.6 is 0 Å². The third kappa shape index (κ3) is 2.24. The molecular weight excluding hydrogens is 191 g/mol. The van der Waals surface area contributed by atoms with Gasteiger partial charge in [0, 0.05) is 0 Å². The summed E-state index contributed by atoms with van der Waals surface area (Å²) in [6.45, 7) is 1.08. The highest BCUT2D eigenvalue weighted by molar-refractivity contribution is 6.63. The molecule has 2 aliphatic heterocycles. The van der Waals surface area contributed by atoms with Crippen molar-refractivity contribution < 1.29 is 0 Å². The summed E-state index contributed by atoms with van der Waals surface area (Å²) in [6, 6.07) is 0. The van der Waals surface area contributed by atoms with Crippen LogP contribution in [0.5, 0.6) is 0 Å². The molecule has 0 radical (unpaired) electrons. The Morgan fingerprint density at radius 2 is 1.44 bits per heavy atom. The van der Waals surface area contributed by atoms with Gasteiger partial charge in [-0.15, -0.1) is 0 Å². The maximum atomic E-state index is 2.65. The van der Waals surface area contributed by atoms with E-state index in [1.807, 2.05) is 0 Å². The predicted octanol–water partition coefficient (Wildman–Crippen LogP) is 5.09. The molecule has 2 heterocycles. The zero-order valence-corrected chi connectivity index (χ0v) is 10.6. The summed E-state index contributed by atoms with van der Waals surface area (Å²) in [5, 5.41) is 0. The Labute approximate surface area is 101 Å². The average molecular weight is 216 g/mol. The zero-order chi connectivity index (χ0) is 10.8. The van der Waals surface area contributed by atoms with Gasteiger partial charge in [-0.2, -0.15) is 0 Å². The third-order valence-corrected chi connectivity index (χ3v) is 5.44. The van der Waals surface area contributed by atoms with Gasteiger partial charge in [-0.3, -0.25) is 0 Å². The van der Waals surface area contributed by atoms with Crippen LogP contribution in [-0.4, -0.2) is 6.71 Å². The third-order valence-electron chi connectivity index (χ3n) is 5.44. The first kappa shape index (κ1) is 10.9. The predicted molar refractivity (Wildman–Crippen MR) is 72.3 cm³/mol. The summed E-state index contributed by atoms with van der Waals surface area (Å²) in [5.74, 6) is 2.21. The summed E-state index contributed by atoms with van der Waals surface area (Å²) in [6.07, 6.45) is 19.1. The van der Waals surface area contributed by atoms with Crippen LogP contribution in [0.3, 0.4) is 0 Å². The molecule has 3 rings (SSSR count). The SMILES string of the molecule is C(CB1C2CCCC1CCC2)=C1CCCC1. The minimum atomic E-state index is 1.08. The van der Waals surface area contributed by atoms with Gasteiger partial charge in [0.05, 0.1) is 0 Å². The number of hydrogen-bond acceptors (Lipinski definition) is 0. The van der Waals surface area contributed by atoms with E-state index in [4.69, 9.17) is 0 Å². The Balaban J connectivity index is 1.62. The molecule has 0 spiro atoms. The summed E-state index contributed by atoms with van der Waals surface area (Å²) >= 11 is 0. The van der Waals surface area contributed by atoms with Gasteiger partial charge in [0.25, 0.3) is 0 Å². The van der Waals surface area contributed by atoms with Crippen LogP contribution < -0.4 is 0 Å². The lowest BCUT2D eigenvalue weighted by Gasteiger charge is -2.40. The molecule has 1 heteroatoms. The summed E-state index contributed by atoms with van der Waals surface area (Å²) in [4.78, 5) is 0. The number of allylic oxidation sites excluding steroid dienone is 2. The lowest BCUT2D eigenvalue weighted by Crippen LogP contribution is -2.33. The second-order valence-corrected chi connectivity index (χ2v) is 6.35. The topological polar surface area (TPSA) is 0 Å². The van der Waals surface area contributed by atoms with E-state index in [0.29, 0.717) is 0 Å². The maximum Gasteiger partial charge on any atom is 0.150 e. The lowest BCUT2D eigenvalue weighted by atomic mass is 9.26. The Morgan fingerprint density at radius 1 is 0.875 bits per heavy atom. The normalized spacial score (nSPS) is 34.2. The molecule has 3 fully saturated rings. The largest absolute Gasteiger partial charge is 0.150 e. The van der Waals surface area contributed by atoms with Crippen LogP contribution in [0.25, 0.3) is 0 Å². The summed E-state index contributed by atoms with van der Waals surface area (Å²) < 4.78 is 0. The molecule has 2 bridgehead atoms. The number of fused-ring (bicyclic) bond motifs is 2. The van der Waals surface area contributed by atoms with Gasteiger partial charge < -0.3 is 0 Å². The van der Waals surface area contributed by atoms with Crippen molar-refractivity contribution in [2.75, 3.05) is 0 Å². The highest BCUT2D eigenvalue weighted by Gasteiger charge is 2.37. The molecule has 1 saturated carbocycles. The maximum absolute atomic E-state index is 2.65. The second kappa shape index (κ2) is 4.98. The van der Waals surface area contributed by atoms with Crippen molar-refractivity contribution in [3.05, 3.63) is 11.6 Å². The number of rotatable bonds is 2. The second-order valence-electron chi connectivity index (χ2n) is 6.35. The highest BCUT2D eigenvalue weighted by atomic mass is 14.2. The van der Waals surface area contributed by atoms with Crippen LogP contribution in [0.4, 0.5) is 0 Å². The molecule has 0 N–H and O–H groups in total. The molecule has 88 valence electrons. The van der Waals surface area contributed by atoms with E-state index in [-0.39, 0.29) is 0 Å². The minimum Gasteiger partial charge on any atom is -0.0925 e. The van der Waals surface area contributed by atoms with E-state index >= 15 is 0 Å². The van der Waals surface area contributed by atoms with Gasteiger partial charge in [0.2, 0.25) is 0 Å². The minimum absolute atomic E-state index is 1.08. The molecule has 0 amide bonds. The van der Waals surface area contributed by atoms with Crippen LogP contribution in [0.1, 0.15) is 64.2 Å². The molecule has 0 unspecified atom stereocenters. The van der Waals surface area contributed by atoms with Crippen molar-refractivity contribution in [2.24, 2.45) is 0 Å². The molecule has 0 aromatic heterocycles. The van der Waals surface area contributed by atoms with Crippen LogP contribution in [-0.2, 0) is 0 Å². The molecule has 0 aromatic rings. The Hall–Kier alpha value is -0.195. The summed E-state index contributed by atoms with van der Waals surface area (Å²) in [5.41, 5.74) is 1.80. The first-order valence-electron chi connectivity index (χ1n) is 7.61. The Morgan fingerprint density at radius 3 is 2.00 bits per heavy atom. The van der Waals surface area contributed by atoms with E-state index in [9.17, 15) is 0 Å². The Bertz CT molecular complexity index is 239. The fourth-order valence-electron chi connectivity index (χ4n) is 4.54. The Kier molecular flexibility index (Phi) is 3.40. The van der Waals surface area contributed by atoms with Gasteiger partial charge in [0.15, 0.2) is 0 Å². The highest BCUT2D eigenvalue weighted by Crippen LogP contribution is 2.48. The monoisotopic (exact) mass is 216 g/mol. The van der Waals surface area contributed by atoms with Crippen LogP contribution in [0, 0.1) is 0 Å². The van der Waals surface area contributed by atoms with Gasteiger partial charge in [-0.25, -0.2) is 0 Å². The first-order chi connectivity index (χ1) is 7.93. The van der Waals surface area contributed by atoms with Crippen molar-refractivity contribution in [1.29, 1.82) is 0 Å². The molecule has 0 aromatic carbocycles. The quantitative estimate of drug-likeness (QED) is 0.445. The molecule has 0 nitrogen and oxygen atoms in total. The van der Waals surface area contributed by atoms with E-state index < -0.39 is 0 Å². The average Bonchev–Trinajstić information content (AvgIpc) is 2.78. The summed E-state index contributed by atoms with van der Waals surface area (Å²) in [7, 11) is 0. The van der Waals surface area contributed by atoms with Crippen molar-refractivity contribution in [1.82, 2.24) is 0 Å². The van der Waals surface area contributed by atoms with Gasteiger partial charge in [-0.05, 0) is 25.7 Å². The van der Waals surface area contributed by atoms with E-state index in [2.05, 4.69) is 6.08 Å². The molecule has 1 aliphatic carbocycles. The van der Waals surface area contributed by atoms with Gasteiger partial charge in [0.1, 0.15) is 6.71 Å². The van der Waals surface area contributed by atoms with Crippen molar-refractivity contribution in [3.8, 4) is 0 Å². The fourth-order valence-corrected chi connectivity index (χ4v) is 4.54. The van der Waals surface area contributed by atoms with Gasteiger partial charge in [-0.1, -0.05) is 68.1 Å². The van der Waals surface area contributed by atoms with Crippen LogP contribution in [0.2, 0.25) is 18.0 Å². The molecule has 2 saturated heterocycles. The van der Waals surface area contributed by atoms with Crippen molar-refractivity contribution in [3.63, 3.8) is 0 Å². The zero-order valence-electron chi connectivity index (χ0n) is 10.6. The van der Waals surface area contributed by atoms with Gasteiger partial charge >= 0.3 is 0 Å². The van der Waals surface area contributed by atoms with Crippen LogP contribution in [0.15, 0.2) is 11.6 Å². The smallest absolute Gasteiger partial charge is 0.0925 e. The van der Waals surface area contributed by atoms with Crippen molar-refractivity contribution in [2.45, 2.75) is 82.2 Å². The fraction of sp³-hybridized carbons (Fsp3) is 0.867. The lowest BCUT2D eigenvalue weighted by molar-refractivity contribution is 0.443. The molecule has 3 aliphatic rings.